The van der Waals surface area contributed by atoms with Crippen molar-refractivity contribution >= 4 is 68.6 Å². The summed E-state index contributed by atoms with van der Waals surface area (Å²) in [5.74, 6) is -0.386. The molecule has 2 aliphatic carbocycles. The molecule has 47 heavy (non-hydrogen) atoms. The molecule has 0 atom stereocenters. The van der Waals surface area contributed by atoms with Gasteiger partial charge in [-0.2, -0.15) is 0 Å². The first kappa shape index (κ1) is 33.3. The highest BCUT2D eigenvalue weighted by molar-refractivity contribution is 7.26. The third kappa shape index (κ3) is 5.88. The molecule has 246 valence electrons. The van der Waals surface area contributed by atoms with Crippen LogP contribution in [0.15, 0.2) is 54.6 Å². The molecule has 2 nitrogen and oxygen atoms in total. The Hall–Kier alpha value is -3.62. The molecule has 2 aromatic heterocycles. The van der Waals surface area contributed by atoms with Crippen molar-refractivity contribution in [1.29, 1.82) is 0 Å². The maximum atomic E-state index is 15.0. The van der Waals surface area contributed by atoms with E-state index in [-0.39, 0.29) is 36.4 Å². The summed E-state index contributed by atoms with van der Waals surface area (Å²) in [7, 11) is 0. The zero-order chi connectivity index (χ0) is 31.9. The number of thiophene rings is 2. The van der Waals surface area contributed by atoms with Crippen molar-refractivity contribution in [3.63, 3.8) is 0 Å². The predicted molar refractivity (Wildman–Crippen MR) is 191 cm³/mol. The number of hydrogen-bond donors (Lipinski definition) is 0. The lowest BCUT2D eigenvalue weighted by atomic mass is 9.96. The van der Waals surface area contributed by atoms with Gasteiger partial charge in [0.25, 0.3) is 0 Å². The van der Waals surface area contributed by atoms with Crippen LogP contribution >= 0.6 is 22.7 Å². The molecule has 2 aliphatic rings. The van der Waals surface area contributed by atoms with Gasteiger partial charge in [-0.15, -0.1) is 22.7 Å². The van der Waals surface area contributed by atoms with E-state index in [0.29, 0.717) is 43.5 Å². The second-order valence-corrected chi connectivity index (χ2v) is 13.9. The third-order valence-electron chi connectivity index (χ3n) is 9.12. The molecular formula is C39H38F4O2S2. The van der Waals surface area contributed by atoms with Crippen LogP contribution in [0.25, 0.3) is 45.9 Å². The summed E-state index contributed by atoms with van der Waals surface area (Å²) in [5, 5.41) is 3.08. The zero-order valence-electron chi connectivity index (χ0n) is 25.8. The summed E-state index contributed by atoms with van der Waals surface area (Å²) in [4.78, 5) is 0. The van der Waals surface area contributed by atoms with Crippen molar-refractivity contribution in [2.24, 2.45) is 0 Å². The lowest BCUT2D eigenvalue weighted by molar-refractivity contribution is 0.323. The third-order valence-corrected chi connectivity index (χ3v) is 11.5. The molecule has 0 unspecified atom stereocenters. The molecule has 0 bridgehead atoms. The van der Waals surface area contributed by atoms with Gasteiger partial charge in [0, 0.05) is 27.1 Å². The summed E-state index contributed by atoms with van der Waals surface area (Å²) in [5.41, 5.74) is 2.52. The average Bonchev–Trinajstić information content (AvgIpc) is 3.88. The fraction of sp³-hybridized carbons (Fsp3) is 0.333. The molecule has 4 aromatic carbocycles. The van der Waals surface area contributed by atoms with Gasteiger partial charge in [0.2, 0.25) is 0 Å². The maximum absolute atomic E-state index is 15.0. The van der Waals surface area contributed by atoms with Crippen molar-refractivity contribution < 1.29 is 27.0 Å². The standard InChI is InChI=1S/C19H18F2OS.C19H16F2OS.CH4/c2*1-2-22-15-10-9-14-13-8-7-12(11-5-3-4-6-11)16(20)18(13)23-19(14)17(15)21;/h7-11H,2-6H2,1H3;5,7-10H,2-4,6H2,1H3;1H4. The van der Waals surface area contributed by atoms with Gasteiger partial charge in [-0.25, -0.2) is 17.6 Å². The summed E-state index contributed by atoms with van der Waals surface area (Å²) < 4.78 is 71.8. The van der Waals surface area contributed by atoms with E-state index in [1.165, 1.54) is 35.5 Å². The van der Waals surface area contributed by atoms with E-state index in [1.807, 2.05) is 50.2 Å². The van der Waals surface area contributed by atoms with E-state index < -0.39 is 5.82 Å². The molecule has 8 rings (SSSR count). The lowest BCUT2D eigenvalue weighted by Gasteiger charge is -2.11. The molecule has 0 saturated heterocycles. The van der Waals surface area contributed by atoms with E-state index in [4.69, 9.17) is 9.47 Å². The van der Waals surface area contributed by atoms with Crippen LogP contribution in [0.1, 0.15) is 83.3 Å². The van der Waals surface area contributed by atoms with Gasteiger partial charge < -0.3 is 9.47 Å². The van der Waals surface area contributed by atoms with Gasteiger partial charge in [0.1, 0.15) is 11.6 Å². The van der Waals surface area contributed by atoms with Crippen LogP contribution in [0.5, 0.6) is 11.5 Å². The Labute approximate surface area is 280 Å². The SMILES string of the molecule is C.CCOc1ccc2c(sc3c(F)c(C4=CCCC4)ccc32)c1F.CCOc1ccc2c(sc3c(F)c(C4CCCC4)ccc32)c1F. The largest absolute Gasteiger partial charge is 0.491 e. The van der Waals surface area contributed by atoms with Crippen molar-refractivity contribution in [2.45, 2.75) is 72.1 Å². The highest BCUT2D eigenvalue weighted by Crippen LogP contribution is 2.44. The highest BCUT2D eigenvalue weighted by atomic mass is 32.1. The van der Waals surface area contributed by atoms with Crippen LogP contribution in [0.2, 0.25) is 0 Å². The Bertz CT molecular complexity index is 2120. The highest BCUT2D eigenvalue weighted by Gasteiger charge is 2.24. The summed E-state index contributed by atoms with van der Waals surface area (Å²) in [6.07, 6.45) is 9.53. The minimum atomic E-state index is -0.397. The van der Waals surface area contributed by atoms with Gasteiger partial charge in [-0.3, -0.25) is 0 Å². The molecule has 0 radical (unpaired) electrons. The fourth-order valence-corrected chi connectivity index (χ4v) is 9.25. The molecule has 0 amide bonds. The Morgan fingerprint density at radius 2 is 1.11 bits per heavy atom. The molecule has 1 saturated carbocycles. The Morgan fingerprint density at radius 3 is 1.62 bits per heavy atom. The van der Waals surface area contributed by atoms with Crippen LogP contribution < -0.4 is 9.47 Å². The Morgan fingerprint density at radius 1 is 0.617 bits per heavy atom. The molecule has 8 heteroatoms. The van der Waals surface area contributed by atoms with E-state index in [2.05, 4.69) is 6.08 Å². The molecule has 6 aromatic rings. The molecule has 0 spiro atoms. The summed E-state index contributed by atoms with van der Waals surface area (Å²) in [6, 6.07) is 14.5. The Kier molecular flexibility index (Phi) is 9.81. The van der Waals surface area contributed by atoms with Crippen LogP contribution in [0.3, 0.4) is 0 Å². The fourth-order valence-electron chi connectivity index (χ4n) is 6.90. The number of fused-ring (bicyclic) bond motifs is 6. The van der Waals surface area contributed by atoms with E-state index in [1.54, 1.807) is 12.1 Å². The van der Waals surface area contributed by atoms with Crippen molar-refractivity contribution in [2.75, 3.05) is 13.2 Å². The van der Waals surface area contributed by atoms with Gasteiger partial charge >= 0.3 is 0 Å². The first-order valence-corrected chi connectivity index (χ1v) is 17.7. The Balaban J connectivity index is 0.000000161. The van der Waals surface area contributed by atoms with E-state index in [0.717, 1.165) is 64.8 Å². The zero-order valence-corrected chi connectivity index (χ0v) is 27.4. The number of allylic oxidation sites excluding steroid dienone is 2. The average molecular weight is 679 g/mol. The van der Waals surface area contributed by atoms with Crippen LogP contribution in [-0.2, 0) is 0 Å². The number of hydrogen-bond acceptors (Lipinski definition) is 4. The lowest BCUT2D eigenvalue weighted by Crippen LogP contribution is -1.96. The van der Waals surface area contributed by atoms with Crippen LogP contribution in [-0.4, -0.2) is 13.2 Å². The van der Waals surface area contributed by atoms with Gasteiger partial charge in [-0.05, 0) is 87.3 Å². The molecule has 1 fully saturated rings. The minimum absolute atomic E-state index is 0. The smallest absolute Gasteiger partial charge is 0.182 e. The number of halogens is 4. The first-order valence-electron chi connectivity index (χ1n) is 16.0. The van der Waals surface area contributed by atoms with Crippen molar-refractivity contribution in [1.82, 2.24) is 0 Å². The van der Waals surface area contributed by atoms with E-state index >= 15 is 0 Å². The van der Waals surface area contributed by atoms with Gasteiger partial charge in [-0.1, -0.05) is 50.6 Å². The van der Waals surface area contributed by atoms with Crippen molar-refractivity contribution in [3.8, 4) is 11.5 Å². The number of benzene rings is 4. The first-order chi connectivity index (χ1) is 22.4. The van der Waals surface area contributed by atoms with Crippen LogP contribution in [0.4, 0.5) is 17.6 Å². The predicted octanol–water partition coefficient (Wildman–Crippen LogP) is 13.3. The molecule has 0 N–H and O–H groups in total. The minimum Gasteiger partial charge on any atom is -0.491 e. The monoisotopic (exact) mass is 678 g/mol. The van der Waals surface area contributed by atoms with E-state index in [9.17, 15) is 17.6 Å². The maximum Gasteiger partial charge on any atom is 0.182 e. The topological polar surface area (TPSA) is 18.5 Å². The number of rotatable bonds is 6. The summed E-state index contributed by atoms with van der Waals surface area (Å²) in [6.45, 7) is 4.45. The quantitative estimate of drug-likeness (QED) is 0.163. The second-order valence-electron chi connectivity index (χ2n) is 11.8. The van der Waals surface area contributed by atoms with Gasteiger partial charge in [0.15, 0.2) is 23.1 Å². The number of ether oxygens (including phenoxy) is 2. The summed E-state index contributed by atoms with van der Waals surface area (Å²) >= 11 is 2.37. The van der Waals surface area contributed by atoms with Crippen molar-refractivity contribution in [3.05, 3.63) is 89.0 Å². The van der Waals surface area contributed by atoms with Gasteiger partial charge in [0.05, 0.1) is 32.0 Å². The second kappa shape index (κ2) is 13.9. The molecular weight excluding hydrogens is 641 g/mol. The molecule has 0 aliphatic heterocycles. The normalized spacial score (nSPS) is 14.9. The van der Waals surface area contributed by atoms with Crippen LogP contribution in [0, 0.1) is 23.3 Å². The molecule has 2 heterocycles.